The summed E-state index contributed by atoms with van der Waals surface area (Å²) in [5.41, 5.74) is 0.121. The van der Waals surface area contributed by atoms with Gasteiger partial charge in [-0.1, -0.05) is 23.7 Å². The molecule has 1 aromatic carbocycles. The van der Waals surface area contributed by atoms with Crippen LogP contribution in [0.3, 0.4) is 0 Å². The van der Waals surface area contributed by atoms with Gasteiger partial charge in [0.25, 0.3) is 0 Å². The van der Waals surface area contributed by atoms with Gasteiger partial charge in [-0.05, 0) is 35.4 Å². The van der Waals surface area contributed by atoms with Crippen LogP contribution in [0.25, 0.3) is 6.08 Å². The van der Waals surface area contributed by atoms with E-state index in [4.69, 9.17) is 11.6 Å². The molecule has 1 amide bonds. The summed E-state index contributed by atoms with van der Waals surface area (Å²) in [5, 5.41) is 2.23. The molecule has 0 unspecified atom stereocenters. The Bertz CT molecular complexity index is 715. The normalized spacial score (nSPS) is 11.7. The molecule has 1 aromatic heterocycles. The number of nitrogens with zero attached hydrogens (tertiary/aromatic N) is 1. The fourth-order valence-electron chi connectivity index (χ4n) is 1.79. The first-order chi connectivity index (χ1) is 10.9. The molecule has 2 aromatic rings. The molecule has 0 atom stereocenters. The van der Waals surface area contributed by atoms with Crippen LogP contribution in [0.4, 0.5) is 13.2 Å². The molecule has 0 saturated carbocycles. The number of carbonyl (C=O) groups is 1. The summed E-state index contributed by atoms with van der Waals surface area (Å²) in [5.74, 6) is -0.419. The second-order valence-electron chi connectivity index (χ2n) is 4.65. The van der Waals surface area contributed by atoms with E-state index >= 15 is 0 Å². The molecule has 0 aliphatic carbocycles. The third-order valence-electron chi connectivity index (χ3n) is 2.91. The molecule has 23 heavy (non-hydrogen) atoms. The topological polar surface area (TPSA) is 42.0 Å². The molecule has 1 heterocycles. The van der Waals surface area contributed by atoms with E-state index in [1.54, 1.807) is 24.5 Å². The summed E-state index contributed by atoms with van der Waals surface area (Å²) in [6.45, 7) is 0.283. The van der Waals surface area contributed by atoms with Gasteiger partial charge in [-0.15, -0.1) is 0 Å². The van der Waals surface area contributed by atoms with E-state index in [1.165, 1.54) is 18.2 Å². The Morgan fingerprint density at radius 2 is 2.09 bits per heavy atom. The highest BCUT2D eigenvalue weighted by Gasteiger charge is 2.33. The van der Waals surface area contributed by atoms with Crippen molar-refractivity contribution >= 4 is 23.6 Å². The van der Waals surface area contributed by atoms with Crippen molar-refractivity contribution in [1.29, 1.82) is 0 Å². The molecule has 2 rings (SSSR count). The quantitative estimate of drug-likeness (QED) is 0.852. The maximum absolute atomic E-state index is 12.7. The van der Waals surface area contributed by atoms with Gasteiger partial charge in [-0.25, -0.2) is 0 Å². The summed E-state index contributed by atoms with van der Waals surface area (Å²) < 4.78 is 38.2. The van der Waals surface area contributed by atoms with Gasteiger partial charge in [-0.2, -0.15) is 13.2 Å². The van der Waals surface area contributed by atoms with Crippen molar-refractivity contribution in [3.8, 4) is 0 Å². The minimum atomic E-state index is -4.54. The van der Waals surface area contributed by atoms with Crippen LogP contribution in [0.5, 0.6) is 0 Å². The Hall–Kier alpha value is -2.34. The second kappa shape index (κ2) is 7.28. The summed E-state index contributed by atoms with van der Waals surface area (Å²) >= 11 is 5.53. The van der Waals surface area contributed by atoms with Gasteiger partial charge >= 0.3 is 6.18 Å². The maximum atomic E-state index is 12.7. The number of rotatable bonds is 4. The number of pyridine rings is 1. The Kier molecular flexibility index (Phi) is 5.39. The van der Waals surface area contributed by atoms with E-state index < -0.39 is 17.6 Å². The van der Waals surface area contributed by atoms with E-state index in [9.17, 15) is 18.0 Å². The monoisotopic (exact) mass is 340 g/mol. The molecule has 0 spiro atoms. The zero-order chi connectivity index (χ0) is 16.9. The predicted molar refractivity (Wildman–Crippen MR) is 81.6 cm³/mol. The Labute approximate surface area is 135 Å². The number of nitrogens with one attached hydrogen (secondary N) is 1. The van der Waals surface area contributed by atoms with Gasteiger partial charge in [0.15, 0.2) is 0 Å². The zero-order valence-electron chi connectivity index (χ0n) is 11.8. The molecule has 120 valence electrons. The van der Waals surface area contributed by atoms with Crippen molar-refractivity contribution in [2.45, 2.75) is 12.7 Å². The lowest BCUT2D eigenvalue weighted by Gasteiger charge is -2.09. The van der Waals surface area contributed by atoms with Gasteiger partial charge in [-0.3, -0.25) is 9.78 Å². The number of hydrogen-bond acceptors (Lipinski definition) is 2. The van der Waals surface area contributed by atoms with Crippen molar-refractivity contribution in [3.05, 3.63) is 70.5 Å². The first kappa shape index (κ1) is 17.0. The zero-order valence-corrected chi connectivity index (χ0v) is 12.5. The van der Waals surface area contributed by atoms with E-state index in [2.05, 4.69) is 10.3 Å². The minimum Gasteiger partial charge on any atom is -0.348 e. The number of alkyl halides is 3. The highest BCUT2D eigenvalue weighted by atomic mass is 35.5. The van der Waals surface area contributed by atoms with Crippen LogP contribution < -0.4 is 5.32 Å². The van der Waals surface area contributed by atoms with Crippen LogP contribution in [-0.4, -0.2) is 10.9 Å². The van der Waals surface area contributed by atoms with E-state index in [0.717, 1.165) is 17.7 Å². The van der Waals surface area contributed by atoms with Crippen molar-refractivity contribution in [2.24, 2.45) is 0 Å². The maximum Gasteiger partial charge on any atom is 0.417 e. The summed E-state index contributed by atoms with van der Waals surface area (Å²) in [4.78, 5) is 15.6. The highest BCUT2D eigenvalue weighted by molar-refractivity contribution is 6.31. The predicted octanol–water partition coefficient (Wildman–Crippen LogP) is 4.08. The van der Waals surface area contributed by atoms with Gasteiger partial charge in [0.1, 0.15) is 0 Å². The van der Waals surface area contributed by atoms with Crippen LogP contribution in [-0.2, 0) is 17.5 Å². The van der Waals surface area contributed by atoms with Crippen molar-refractivity contribution in [1.82, 2.24) is 10.3 Å². The molecule has 0 aliphatic heterocycles. The minimum absolute atomic E-state index is 0.234. The first-order valence-corrected chi connectivity index (χ1v) is 6.95. The van der Waals surface area contributed by atoms with E-state index in [0.29, 0.717) is 0 Å². The molecule has 0 saturated heterocycles. The Morgan fingerprint density at radius 3 is 2.74 bits per heavy atom. The third-order valence-corrected chi connectivity index (χ3v) is 3.24. The fraction of sp³-hybridized carbons (Fsp3) is 0.125. The summed E-state index contributed by atoms with van der Waals surface area (Å²) in [6, 6.07) is 6.99. The number of benzene rings is 1. The van der Waals surface area contributed by atoms with E-state index in [-0.39, 0.29) is 17.1 Å². The molecular formula is C16H12ClF3N2O. The van der Waals surface area contributed by atoms with Crippen molar-refractivity contribution in [2.75, 3.05) is 0 Å². The standard InChI is InChI=1S/C16H12ClF3N2O/c17-14-5-3-11(8-13(14)16(18,19)20)4-6-15(23)22-10-12-2-1-7-21-9-12/h1-9H,10H2,(H,22,23). The number of carbonyl (C=O) groups excluding carboxylic acids is 1. The van der Waals surface area contributed by atoms with Gasteiger partial charge in [0, 0.05) is 25.0 Å². The lowest BCUT2D eigenvalue weighted by Crippen LogP contribution is -2.20. The second-order valence-corrected chi connectivity index (χ2v) is 5.06. The van der Waals surface area contributed by atoms with Crippen molar-refractivity contribution < 1.29 is 18.0 Å². The Balaban J connectivity index is 2.01. The van der Waals surface area contributed by atoms with Crippen LogP contribution in [0, 0.1) is 0 Å². The lowest BCUT2D eigenvalue weighted by molar-refractivity contribution is -0.137. The van der Waals surface area contributed by atoms with Gasteiger partial charge in [0.2, 0.25) is 5.91 Å². The number of amides is 1. The molecule has 0 bridgehead atoms. The number of halogens is 4. The molecular weight excluding hydrogens is 329 g/mol. The Morgan fingerprint density at radius 1 is 1.30 bits per heavy atom. The molecule has 0 fully saturated rings. The lowest BCUT2D eigenvalue weighted by atomic mass is 10.1. The van der Waals surface area contributed by atoms with Crippen LogP contribution in [0.2, 0.25) is 5.02 Å². The largest absolute Gasteiger partial charge is 0.417 e. The molecule has 0 aliphatic rings. The summed E-state index contributed by atoms with van der Waals surface area (Å²) in [7, 11) is 0. The molecule has 1 N–H and O–H groups in total. The highest BCUT2D eigenvalue weighted by Crippen LogP contribution is 2.35. The number of hydrogen-bond donors (Lipinski definition) is 1. The molecule has 0 radical (unpaired) electrons. The van der Waals surface area contributed by atoms with Crippen LogP contribution in [0.1, 0.15) is 16.7 Å². The average molecular weight is 341 g/mol. The average Bonchev–Trinajstić information content (AvgIpc) is 2.52. The summed E-state index contributed by atoms with van der Waals surface area (Å²) in [6.07, 6.45) is 1.15. The van der Waals surface area contributed by atoms with Crippen LogP contribution >= 0.6 is 11.6 Å². The van der Waals surface area contributed by atoms with Crippen molar-refractivity contribution in [3.63, 3.8) is 0 Å². The third kappa shape index (κ3) is 5.10. The molecule has 3 nitrogen and oxygen atoms in total. The fourth-order valence-corrected chi connectivity index (χ4v) is 2.01. The van der Waals surface area contributed by atoms with E-state index in [1.807, 2.05) is 0 Å². The first-order valence-electron chi connectivity index (χ1n) is 6.58. The van der Waals surface area contributed by atoms with Gasteiger partial charge in [0.05, 0.1) is 10.6 Å². The molecule has 7 heteroatoms. The SMILES string of the molecule is O=C(C=Cc1ccc(Cl)c(C(F)(F)F)c1)NCc1cccnc1. The van der Waals surface area contributed by atoms with Gasteiger partial charge < -0.3 is 5.32 Å². The number of aromatic nitrogens is 1. The van der Waals surface area contributed by atoms with Crippen LogP contribution in [0.15, 0.2) is 48.8 Å². The smallest absolute Gasteiger partial charge is 0.348 e.